The average Bonchev–Trinajstić information content (AvgIpc) is 2.91. The van der Waals surface area contributed by atoms with E-state index in [1.807, 2.05) is 25.1 Å². The van der Waals surface area contributed by atoms with E-state index in [2.05, 4.69) is 11.0 Å². The highest BCUT2D eigenvalue weighted by molar-refractivity contribution is 7.90. The number of likely N-dealkylation sites (tertiary alicyclic amines) is 1. The molecule has 152 valence electrons. The van der Waals surface area contributed by atoms with Crippen LogP contribution in [-0.2, 0) is 16.3 Å². The molecule has 1 fully saturated rings. The normalized spacial score (nSPS) is 23.1. The molecule has 0 bridgehead atoms. The summed E-state index contributed by atoms with van der Waals surface area (Å²) in [7, 11) is -3.22. The molecule has 0 spiro atoms. The largest absolute Gasteiger partial charge is 0.493 e. The van der Waals surface area contributed by atoms with E-state index in [0.29, 0.717) is 18.9 Å². The van der Waals surface area contributed by atoms with Crippen LogP contribution < -0.4 is 4.74 Å². The van der Waals surface area contributed by atoms with Gasteiger partial charge in [-0.05, 0) is 55.3 Å². The van der Waals surface area contributed by atoms with Crippen LogP contribution >= 0.6 is 11.6 Å². The number of rotatable bonds is 7. The van der Waals surface area contributed by atoms with Gasteiger partial charge in [-0.2, -0.15) is 0 Å². The van der Waals surface area contributed by atoms with E-state index in [1.54, 1.807) is 12.1 Å². The Morgan fingerprint density at radius 3 is 2.61 bits per heavy atom. The number of hydrogen-bond acceptors (Lipinski definition) is 5. The van der Waals surface area contributed by atoms with Gasteiger partial charge in [0.05, 0.1) is 17.1 Å². The SMILES string of the molecule is CC1(O)CN(CCc2cccc(Cl)c2)C[C@@H]1COc1ccc(S(C)(=O)=O)cc1. The molecule has 0 saturated carbocycles. The predicted molar refractivity (Wildman–Crippen MR) is 111 cm³/mol. The smallest absolute Gasteiger partial charge is 0.175 e. The molecule has 0 amide bonds. The Hall–Kier alpha value is -1.60. The molecule has 0 aliphatic carbocycles. The lowest BCUT2D eigenvalue weighted by Gasteiger charge is -2.24. The molecule has 2 aromatic rings. The summed E-state index contributed by atoms with van der Waals surface area (Å²) < 4.78 is 28.9. The van der Waals surface area contributed by atoms with E-state index in [0.717, 1.165) is 24.5 Å². The summed E-state index contributed by atoms with van der Waals surface area (Å²) in [5.74, 6) is 0.571. The molecule has 1 saturated heterocycles. The number of halogens is 1. The molecule has 0 radical (unpaired) electrons. The van der Waals surface area contributed by atoms with Crippen LogP contribution in [0.5, 0.6) is 5.75 Å². The second kappa shape index (κ2) is 8.41. The fourth-order valence-electron chi connectivity index (χ4n) is 3.52. The van der Waals surface area contributed by atoms with Crippen LogP contribution in [0.1, 0.15) is 12.5 Å². The molecule has 2 aromatic carbocycles. The standard InChI is InChI=1S/C21H26ClNO4S/c1-21(24)15-23(11-10-16-4-3-5-18(22)12-16)13-17(21)14-27-19-6-8-20(9-7-19)28(2,25)26/h3-9,12,17,24H,10-11,13-15H2,1-2H3/t17-,21?/m1/s1. The maximum Gasteiger partial charge on any atom is 0.175 e. The Balaban J connectivity index is 1.54. The summed E-state index contributed by atoms with van der Waals surface area (Å²) in [6.45, 7) is 4.39. The van der Waals surface area contributed by atoms with Crippen molar-refractivity contribution < 1.29 is 18.3 Å². The molecule has 28 heavy (non-hydrogen) atoms. The predicted octanol–water partition coefficient (Wildman–Crippen LogP) is 3.05. The fraction of sp³-hybridized carbons (Fsp3) is 0.429. The first-order chi connectivity index (χ1) is 13.1. The molecule has 0 aromatic heterocycles. The van der Waals surface area contributed by atoms with Crippen molar-refractivity contribution in [3.63, 3.8) is 0 Å². The summed E-state index contributed by atoms with van der Waals surface area (Å²) in [6.07, 6.45) is 2.05. The molecule has 1 aliphatic rings. The topological polar surface area (TPSA) is 66.8 Å². The molecule has 1 aliphatic heterocycles. The molecule has 7 heteroatoms. The highest BCUT2D eigenvalue weighted by atomic mass is 35.5. The van der Waals surface area contributed by atoms with E-state index >= 15 is 0 Å². The van der Waals surface area contributed by atoms with Gasteiger partial charge in [0, 0.05) is 36.8 Å². The first kappa shape index (κ1) is 21.1. The highest BCUT2D eigenvalue weighted by Crippen LogP contribution is 2.29. The Bertz CT molecular complexity index is 912. The van der Waals surface area contributed by atoms with Crippen molar-refractivity contribution in [1.29, 1.82) is 0 Å². The molecular weight excluding hydrogens is 398 g/mol. The van der Waals surface area contributed by atoms with Gasteiger partial charge in [0.1, 0.15) is 5.75 Å². The quantitative estimate of drug-likeness (QED) is 0.741. The number of benzene rings is 2. The zero-order valence-corrected chi connectivity index (χ0v) is 17.7. The van der Waals surface area contributed by atoms with Gasteiger partial charge in [-0.1, -0.05) is 23.7 Å². The van der Waals surface area contributed by atoms with Crippen LogP contribution in [-0.4, -0.2) is 56.5 Å². The van der Waals surface area contributed by atoms with Gasteiger partial charge < -0.3 is 9.84 Å². The number of nitrogens with zero attached hydrogens (tertiary/aromatic N) is 1. The van der Waals surface area contributed by atoms with Gasteiger partial charge in [0.2, 0.25) is 0 Å². The maximum atomic E-state index is 11.5. The third kappa shape index (κ3) is 5.47. The third-order valence-electron chi connectivity index (χ3n) is 5.21. The Morgan fingerprint density at radius 2 is 1.96 bits per heavy atom. The monoisotopic (exact) mass is 423 g/mol. The number of hydrogen-bond donors (Lipinski definition) is 1. The van der Waals surface area contributed by atoms with Crippen LogP contribution in [0.2, 0.25) is 5.02 Å². The van der Waals surface area contributed by atoms with Crippen LogP contribution in [0.15, 0.2) is 53.4 Å². The van der Waals surface area contributed by atoms with E-state index in [4.69, 9.17) is 16.3 Å². The van der Waals surface area contributed by atoms with Crippen LogP contribution in [0.25, 0.3) is 0 Å². The highest BCUT2D eigenvalue weighted by Gasteiger charge is 2.41. The van der Waals surface area contributed by atoms with Gasteiger partial charge in [-0.3, -0.25) is 4.90 Å². The van der Waals surface area contributed by atoms with Crippen LogP contribution in [0, 0.1) is 5.92 Å². The molecular formula is C21H26ClNO4S. The Kier molecular flexibility index (Phi) is 6.34. The fourth-order valence-corrected chi connectivity index (χ4v) is 4.36. The van der Waals surface area contributed by atoms with Gasteiger partial charge >= 0.3 is 0 Å². The average molecular weight is 424 g/mol. The molecule has 3 rings (SSSR count). The lowest BCUT2D eigenvalue weighted by molar-refractivity contribution is 0.0136. The Labute approximate surface area is 171 Å². The van der Waals surface area contributed by atoms with Gasteiger partial charge in [-0.25, -0.2) is 8.42 Å². The van der Waals surface area contributed by atoms with Crippen LogP contribution in [0.4, 0.5) is 0 Å². The molecule has 5 nitrogen and oxygen atoms in total. The maximum absolute atomic E-state index is 11.5. The summed E-state index contributed by atoms with van der Waals surface area (Å²) >= 11 is 6.04. The third-order valence-corrected chi connectivity index (χ3v) is 6.57. The van der Waals surface area contributed by atoms with Crippen molar-refractivity contribution in [3.8, 4) is 5.75 Å². The van der Waals surface area contributed by atoms with E-state index < -0.39 is 15.4 Å². The van der Waals surface area contributed by atoms with E-state index in [1.165, 1.54) is 24.0 Å². The zero-order chi connectivity index (χ0) is 20.4. The van der Waals surface area contributed by atoms with Gasteiger partial charge in [0.25, 0.3) is 0 Å². The van der Waals surface area contributed by atoms with E-state index in [9.17, 15) is 13.5 Å². The second-order valence-corrected chi connectivity index (χ2v) is 10.2. The second-order valence-electron chi connectivity index (χ2n) is 7.72. The minimum absolute atomic E-state index is 0.0264. The van der Waals surface area contributed by atoms with Crippen molar-refractivity contribution >= 4 is 21.4 Å². The van der Waals surface area contributed by atoms with Crippen molar-refractivity contribution in [2.45, 2.75) is 23.8 Å². The minimum atomic E-state index is -3.22. The van der Waals surface area contributed by atoms with Gasteiger partial charge in [-0.15, -0.1) is 0 Å². The first-order valence-corrected chi connectivity index (χ1v) is 11.5. The number of aliphatic hydroxyl groups is 1. The lowest BCUT2D eigenvalue weighted by atomic mass is 9.94. The van der Waals surface area contributed by atoms with Gasteiger partial charge in [0.15, 0.2) is 9.84 Å². The Morgan fingerprint density at radius 1 is 1.25 bits per heavy atom. The molecule has 1 unspecified atom stereocenters. The molecule has 2 atom stereocenters. The summed E-state index contributed by atoms with van der Waals surface area (Å²) in [4.78, 5) is 2.50. The summed E-state index contributed by atoms with van der Waals surface area (Å²) in [6, 6.07) is 14.2. The number of β-amino-alcohol motifs (C(OH)–C–C–N with tert-alkyl or cyclic N) is 1. The zero-order valence-electron chi connectivity index (χ0n) is 16.1. The lowest BCUT2D eigenvalue weighted by Crippen LogP contribution is -2.37. The number of ether oxygens (including phenoxy) is 1. The summed E-state index contributed by atoms with van der Waals surface area (Å²) in [5.41, 5.74) is 0.346. The first-order valence-electron chi connectivity index (χ1n) is 9.25. The number of sulfone groups is 1. The summed E-state index contributed by atoms with van der Waals surface area (Å²) in [5, 5.41) is 11.5. The molecule has 1 N–H and O–H groups in total. The molecule has 1 heterocycles. The van der Waals surface area contributed by atoms with Crippen molar-refractivity contribution in [1.82, 2.24) is 4.90 Å². The van der Waals surface area contributed by atoms with Crippen LogP contribution in [0.3, 0.4) is 0 Å². The van der Waals surface area contributed by atoms with E-state index in [-0.39, 0.29) is 10.8 Å². The van der Waals surface area contributed by atoms with Crippen molar-refractivity contribution in [3.05, 3.63) is 59.1 Å². The minimum Gasteiger partial charge on any atom is -0.493 e. The van der Waals surface area contributed by atoms with Crippen molar-refractivity contribution in [2.24, 2.45) is 5.92 Å². The van der Waals surface area contributed by atoms with Crippen molar-refractivity contribution in [2.75, 3.05) is 32.5 Å².